The highest BCUT2D eigenvalue weighted by Gasteiger charge is 2.23. The van der Waals surface area contributed by atoms with Crippen molar-refractivity contribution in [2.45, 2.75) is 13.8 Å². The summed E-state index contributed by atoms with van der Waals surface area (Å²) in [7, 11) is -2.25. The van der Waals surface area contributed by atoms with Crippen molar-refractivity contribution >= 4 is 19.0 Å². The zero-order chi connectivity index (χ0) is 10.6. The van der Waals surface area contributed by atoms with Gasteiger partial charge in [-0.1, -0.05) is 12.1 Å². The Bertz CT molecular complexity index is 324. The van der Waals surface area contributed by atoms with Crippen LogP contribution in [0.5, 0.6) is 0 Å². The van der Waals surface area contributed by atoms with Crippen LogP contribution in [0.3, 0.4) is 0 Å². The first-order valence-electron chi connectivity index (χ1n) is 4.70. The number of para-hydroxylation sites is 1. The van der Waals surface area contributed by atoms with Crippen molar-refractivity contribution in [3.05, 3.63) is 24.3 Å². The standard InChI is InChI=1S/C10H14NO2P/c1-3-11(4-2)9-7-5-6-8-10(9)14(12)13/h5-8H,3-4H2,1-2H3/p+1. The van der Waals surface area contributed by atoms with E-state index in [1.807, 2.05) is 26.0 Å². The summed E-state index contributed by atoms with van der Waals surface area (Å²) in [5.41, 5.74) is 0.862. The summed E-state index contributed by atoms with van der Waals surface area (Å²) >= 11 is 0. The van der Waals surface area contributed by atoms with Crippen molar-refractivity contribution in [1.82, 2.24) is 0 Å². The van der Waals surface area contributed by atoms with E-state index < -0.39 is 8.03 Å². The molecule has 1 atom stereocenters. The van der Waals surface area contributed by atoms with E-state index in [0.717, 1.165) is 18.8 Å². The highest BCUT2D eigenvalue weighted by molar-refractivity contribution is 7.47. The molecule has 0 fully saturated rings. The van der Waals surface area contributed by atoms with E-state index in [9.17, 15) is 4.57 Å². The summed E-state index contributed by atoms with van der Waals surface area (Å²) < 4.78 is 11.1. The SMILES string of the molecule is CCN(CC)c1ccccc1[P+](=O)O. The molecule has 0 radical (unpaired) electrons. The van der Waals surface area contributed by atoms with Gasteiger partial charge < -0.3 is 4.90 Å². The Morgan fingerprint density at radius 1 is 1.29 bits per heavy atom. The fourth-order valence-electron chi connectivity index (χ4n) is 1.46. The summed E-state index contributed by atoms with van der Waals surface area (Å²) in [5, 5.41) is 0.520. The second kappa shape index (κ2) is 5.08. The van der Waals surface area contributed by atoms with Crippen molar-refractivity contribution in [2.75, 3.05) is 18.0 Å². The Balaban J connectivity index is 3.11. The van der Waals surface area contributed by atoms with Crippen LogP contribution in [0, 0.1) is 0 Å². The van der Waals surface area contributed by atoms with E-state index in [1.165, 1.54) is 0 Å². The van der Waals surface area contributed by atoms with Crippen molar-refractivity contribution < 1.29 is 9.46 Å². The fraction of sp³-hybridized carbons (Fsp3) is 0.400. The van der Waals surface area contributed by atoms with Gasteiger partial charge in [-0.15, -0.1) is 0 Å². The van der Waals surface area contributed by atoms with Crippen molar-refractivity contribution in [1.29, 1.82) is 0 Å². The van der Waals surface area contributed by atoms with Crippen LogP contribution in [0.1, 0.15) is 13.8 Å². The van der Waals surface area contributed by atoms with Crippen molar-refractivity contribution in [3.8, 4) is 0 Å². The van der Waals surface area contributed by atoms with Gasteiger partial charge in [-0.05, 0) is 30.5 Å². The second-order valence-corrected chi connectivity index (χ2v) is 3.96. The normalized spacial score (nSPS) is 11.2. The molecule has 1 aromatic rings. The van der Waals surface area contributed by atoms with Gasteiger partial charge in [0.05, 0.1) is 5.69 Å². The van der Waals surface area contributed by atoms with E-state index in [0.29, 0.717) is 5.30 Å². The Morgan fingerprint density at radius 2 is 1.86 bits per heavy atom. The third-order valence-electron chi connectivity index (χ3n) is 2.19. The summed E-state index contributed by atoms with van der Waals surface area (Å²) in [6, 6.07) is 7.25. The molecule has 0 saturated heterocycles. The van der Waals surface area contributed by atoms with Crippen molar-refractivity contribution in [2.24, 2.45) is 0 Å². The summed E-state index contributed by atoms with van der Waals surface area (Å²) in [6.45, 7) is 5.75. The van der Waals surface area contributed by atoms with Crippen LogP contribution in [0.4, 0.5) is 5.69 Å². The molecule has 1 unspecified atom stereocenters. The second-order valence-electron chi connectivity index (χ2n) is 2.93. The molecule has 0 saturated carbocycles. The molecule has 0 aromatic heterocycles. The van der Waals surface area contributed by atoms with E-state index in [2.05, 4.69) is 4.90 Å². The number of anilines is 1. The van der Waals surface area contributed by atoms with E-state index in [4.69, 9.17) is 4.89 Å². The van der Waals surface area contributed by atoms with Gasteiger partial charge in [0.15, 0.2) is 0 Å². The van der Waals surface area contributed by atoms with Crippen LogP contribution in [0.2, 0.25) is 0 Å². The zero-order valence-electron chi connectivity index (χ0n) is 8.47. The number of hydrogen-bond donors (Lipinski definition) is 1. The summed E-state index contributed by atoms with van der Waals surface area (Å²) in [6.07, 6.45) is 0. The molecule has 3 nitrogen and oxygen atoms in total. The minimum atomic E-state index is -2.25. The smallest absolute Gasteiger partial charge is 0.368 e. The number of rotatable bonds is 4. The summed E-state index contributed by atoms with van der Waals surface area (Å²) in [5.74, 6) is 0. The van der Waals surface area contributed by atoms with Gasteiger partial charge in [0.25, 0.3) is 0 Å². The Hall–Kier alpha value is -0.920. The number of nitrogens with zero attached hydrogens (tertiary/aromatic N) is 1. The average molecular weight is 212 g/mol. The maximum Gasteiger partial charge on any atom is 0.548 e. The number of benzene rings is 1. The first-order valence-corrected chi connectivity index (χ1v) is 5.92. The van der Waals surface area contributed by atoms with Crippen LogP contribution in [-0.4, -0.2) is 18.0 Å². The van der Waals surface area contributed by atoms with E-state index >= 15 is 0 Å². The minimum absolute atomic E-state index is 0.520. The summed E-state index contributed by atoms with van der Waals surface area (Å²) in [4.78, 5) is 11.2. The van der Waals surface area contributed by atoms with Gasteiger partial charge in [0, 0.05) is 13.1 Å². The molecule has 4 heteroatoms. The quantitative estimate of drug-likeness (QED) is 0.775. The van der Waals surface area contributed by atoms with Gasteiger partial charge in [0.2, 0.25) is 5.30 Å². The first-order chi connectivity index (χ1) is 6.70. The lowest BCUT2D eigenvalue weighted by Crippen LogP contribution is -2.26. The molecule has 1 aromatic carbocycles. The molecule has 0 aliphatic heterocycles. The van der Waals surface area contributed by atoms with E-state index in [-0.39, 0.29) is 0 Å². The average Bonchev–Trinajstić information content (AvgIpc) is 2.20. The van der Waals surface area contributed by atoms with Crippen LogP contribution in [0.15, 0.2) is 24.3 Å². The van der Waals surface area contributed by atoms with Gasteiger partial charge >= 0.3 is 8.03 Å². The van der Waals surface area contributed by atoms with Gasteiger partial charge in [0.1, 0.15) is 0 Å². The van der Waals surface area contributed by atoms with Gasteiger partial charge in [-0.25, -0.2) is 0 Å². The Labute approximate surface area is 85.2 Å². The molecule has 14 heavy (non-hydrogen) atoms. The number of hydrogen-bond acceptors (Lipinski definition) is 2. The van der Waals surface area contributed by atoms with Gasteiger partial charge in [-0.3, -0.25) is 0 Å². The minimum Gasteiger partial charge on any atom is -0.368 e. The molecular formula is C10H15NO2P+. The molecule has 1 N–H and O–H groups in total. The van der Waals surface area contributed by atoms with Crippen LogP contribution >= 0.6 is 8.03 Å². The Morgan fingerprint density at radius 3 is 2.36 bits per heavy atom. The largest absolute Gasteiger partial charge is 0.548 e. The van der Waals surface area contributed by atoms with Crippen LogP contribution in [-0.2, 0) is 4.57 Å². The highest BCUT2D eigenvalue weighted by atomic mass is 31.1. The molecule has 0 heterocycles. The molecule has 76 valence electrons. The van der Waals surface area contributed by atoms with E-state index in [1.54, 1.807) is 12.1 Å². The fourth-order valence-corrected chi connectivity index (χ4v) is 2.08. The lowest BCUT2D eigenvalue weighted by molar-refractivity contribution is 0.513. The molecule has 0 bridgehead atoms. The zero-order valence-corrected chi connectivity index (χ0v) is 9.37. The topological polar surface area (TPSA) is 40.5 Å². The molecule has 1 rings (SSSR count). The lowest BCUT2D eigenvalue weighted by Gasteiger charge is -2.19. The third kappa shape index (κ3) is 2.31. The Kier molecular flexibility index (Phi) is 4.05. The molecule has 0 aliphatic carbocycles. The third-order valence-corrected chi connectivity index (χ3v) is 2.98. The van der Waals surface area contributed by atoms with Crippen LogP contribution in [0.25, 0.3) is 0 Å². The maximum absolute atomic E-state index is 11.1. The van der Waals surface area contributed by atoms with Crippen molar-refractivity contribution in [3.63, 3.8) is 0 Å². The monoisotopic (exact) mass is 212 g/mol. The van der Waals surface area contributed by atoms with Gasteiger partial charge in [-0.2, -0.15) is 4.89 Å². The molecule has 0 spiro atoms. The predicted molar refractivity (Wildman–Crippen MR) is 59.5 cm³/mol. The molecular weight excluding hydrogens is 197 g/mol. The lowest BCUT2D eigenvalue weighted by atomic mass is 10.3. The van der Waals surface area contributed by atoms with Crippen LogP contribution < -0.4 is 10.2 Å². The molecule has 0 aliphatic rings. The highest BCUT2D eigenvalue weighted by Crippen LogP contribution is 2.22. The first kappa shape index (κ1) is 11.2. The molecule has 0 amide bonds. The maximum atomic E-state index is 11.1. The predicted octanol–water partition coefficient (Wildman–Crippen LogP) is 1.89.